The van der Waals surface area contributed by atoms with Crippen molar-refractivity contribution in [1.29, 1.82) is 0 Å². The van der Waals surface area contributed by atoms with Gasteiger partial charge in [-0.1, -0.05) is 29.3 Å². The standard InChI is InChI=1S/C13H8Cl2FNO/c14-10-3-1-2-8(12(10)15)13(18)9-6-7(16)4-5-11(9)17/h1-6H,17H2. The Morgan fingerprint density at radius 3 is 2.56 bits per heavy atom. The molecule has 0 saturated carbocycles. The van der Waals surface area contributed by atoms with Crippen molar-refractivity contribution in [2.45, 2.75) is 0 Å². The number of nitrogen functional groups attached to an aromatic ring is 1. The lowest BCUT2D eigenvalue weighted by atomic mass is 10.0. The van der Waals surface area contributed by atoms with E-state index in [9.17, 15) is 9.18 Å². The molecule has 0 aliphatic carbocycles. The first-order chi connectivity index (χ1) is 8.50. The smallest absolute Gasteiger partial charge is 0.196 e. The molecule has 0 heterocycles. The summed E-state index contributed by atoms with van der Waals surface area (Å²) in [5.41, 5.74) is 6.11. The van der Waals surface area contributed by atoms with Crippen molar-refractivity contribution in [2.24, 2.45) is 0 Å². The van der Waals surface area contributed by atoms with E-state index in [4.69, 9.17) is 28.9 Å². The molecule has 0 amide bonds. The van der Waals surface area contributed by atoms with Crippen LogP contribution in [0.1, 0.15) is 15.9 Å². The SMILES string of the molecule is Nc1ccc(F)cc1C(=O)c1cccc(Cl)c1Cl. The minimum atomic E-state index is -0.536. The maximum Gasteiger partial charge on any atom is 0.196 e. The molecule has 0 saturated heterocycles. The highest BCUT2D eigenvalue weighted by Gasteiger charge is 2.17. The number of carbonyl (C=O) groups excluding carboxylic acids is 1. The predicted octanol–water partition coefficient (Wildman–Crippen LogP) is 3.95. The molecule has 0 fully saturated rings. The van der Waals surface area contributed by atoms with Crippen LogP contribution in [0.4, 0.5) is 10.1 Å². The van der Waals surface area contributed by atoms with Gasteiger partial charge in [0.25, 0.3) is 0 Å². The average Bonchev–Trinajstić information content (AvgIpc) is 2.35. The lowest BCUT2D eigenvalue weighted by molar-refractivity contribution is 0.103. The molecule has 0 radical (unpaired) electrons. The maximum atomic E-state index is 13.1. The summed E-state index contributed by atoms with van der Waals surface area (Å²) in [6, 6.07) is 8.27. The van der Waals surface area contributed by atoms with E-state index in [2.05, 4.69) is 0 Å². The molecule has 2 aromatic carbocycles. The molecule has 0 aromatic heterocycles. The fourth-order valence-electron chi connectivity index (χ4n) is 1.55. The van der Waals surface area contributed by atoms with Crippen LogP contribution in [0.3, 0.4) is 0 Å². The molecule has 5 heteroatoms. The number of hydrogen-bond acceptors (Lipinski definition) is 2. The Hall–Kier alpha value is -1.58. The van der Waals surface area contributed by atoms with Crippen LogP contribution in [0.25, 0.3) is 0 Å². The van der Waals surface area contributed by atoms with Gasteiger partial charge in [0.2, 0.25) is 0 Å². The molecule has 2 N–H and O–H groups in total. The Balaban J connectivity index is 2.55. The lowest BCUT2D eigenvalue weighted by Crippen LogP contribution is -2.06. The normalized spacial score (nSPS) is 10.4. The Kier molecular flexibility index (Phi) is 3.55. The van der Waals surface area contributed by atoms with Crippen LogP contribution in [-0.4, -0.2) is 5.78 Å². The Morgan fingerprint density at radius 1 is 1.11 bits per heavy atom. The molecule has 0 spiro atoms. The zero-order valence-electron chi connectivity index (χ0n) is 9.08. The van der Waals surface area contributed by atoms with Crippen molar-refractivity contribution in [3.63, 3.8) is 0 Å². The van der Waals surface area contributed by atoms with Gasteiger partial charge < -0.3 is 5.73 Å². The molecule has 2 rings (SSSR count). The van der Waals surface area contributed by atoms with Crippen LogP contribution in [0.5, 0.6) is 0 Å². The Bertz CT molecular complexity index is 624. The van der Waals surface area contributed by atoms with Gasteiger partial charge in [-0.05, 0) is 30.3 Å². The van der Waals surface area contributed by atoms with Gasteiger partial charge in [-0.3, -0.25) is 4.79 Å². The van der Waals surface area contributed by atoms with E-state index in [0.29, 0.717) is 0 Å². The highest BCUT2D eigenvalue weighted by atomic mass is 35.5. The molecular formula is C13H8Cl2FNO. The van der Waals surface area contributed by atoms with E-state index in [1.807, 2.05) is 0 Å². The summed E-state index contributed by atoms with van der Waals surface area (Å²) < 4.78 is 13.1. The van der Waals surface area contributed by atoms with Gasteiger partial charge in [-0.25, -0.2) is 4.39 Å². The maximum absolute atomic E-state index is 13.1. The third kappa shape index (κ3) is 2.33. The number of anilines is 1. The number of nitrogens with two attached hydrogens (primary N) is 1. The van der Waals surface area contributed by atoms with Gasteiger partial charge in [-0.2, -0.15) is 0 Å². The summed E-state index contributed by atoms with van der Waals surface area (Å²) in [4.78, 5) is 12.2. The van der Waals surface area contributed by atoms with Crippen molar-refractivity contribution in [2.75, 3.05) is 5.73 Å². The highest BCUT2D eigenvalue weighted by Crippen LogP contribution is 2.28. The van der Waals surface area contributed by atoms with E-state index >= 15 is 0 Å². The van der Waals surface area contributed by atoms with Gasteiger partial charge in [-0.15, -0.1) is 0 Å². The first-order valence-electron chi connectivity index (χ1n) is 5.04. The molecule has 2 aromatic rings. The predicted molar refractivity (Wildman–Crippen MR) is 70.7 cm³/mol. The minimum Gasteiger partial charge on any atom is -0.398 e. The third-order valence-corrected chi connectivity index (χ3v) is 3.28. The number of rotatable bonds is 2. The molecule has 0 aliphatic heterocycles. The summed E-state index contributed by atoms with van der Waals surface area (Å²) in [5.74, 6) is -0.995. The highest BCUT2D eigenvalue weighted by molar-refractivity contribution is 6.44. The van der Waals surface area contributed by atoms with E-state index in [-0.39, 0.29) is 26.9 Å². The summed E-state index contributed by atoms with van der Waals surface area (Å²) in [6.45, 7) is 0. The van der Waals surface area contributed by atoms with Crippen LogP contribution in [0.2, 0.25) is 10.0 Å². The van der Waals surface area contributed by atoms with Gasteiger partial charge in [0, 0.05) is 16.8 Å². The zero-order valence-corrected chi connectivity index (χ0v) is 10.6. The summed E-state index contributed by atoms with van der Waals surface area (Å²) in [6.07, 6.45) is 0. The molecule has 18 heavy (non-hydrogen) atoms. The van der Waals surface area contributed by atoms with Crippen LogP contribution < -0.4 is 5.73 Å². The lowest BCUT2D eigenvalue weighted by Gasteiger charge is -2.07. The van der Waals surface area contributed by atoms with Crippen molar-refractivity contribution in [3.05, 3.63) is 63.4 Å². The number of ketones is 1. The van der Waals surface area contributed by atoms with Crippen LogP contribution in [0.15, 0.2) is 36.4 Å². The first-order valence-corrected chi connectivity index (χ1v) is 5.80. The summed E-state index contributed by atoms with van der Waals surface area (Å²) in [7, 11) is 0. The third-order valence-electron chi connectivity index (χ3n) is 2.46. The zero-order chi connectivity index (χ0) is 13.3. The molecule has 92 valence electrons. The van der Waals surface area contributed by atoms with E-state index in [0.717, 1.165) is 6.07 Å². The molecule has 0 bridgehead atoms. The largest absolute Gasteiger partial charge is 0.398 e. The van der Waals surface area contributed by atoms with Crippen LogP contribution in [0, 0.1) is 5.82 Å². The average molecular weight is 284 g/mol. The van der Waals surface area contributed by atoms with E-state index < -0.39 is 11.6 Å². The second-order valence-electron chi connectivity index (χ2n) is 3.66. The van der Waals surface area contributed by atoms with Gasteiger partial charge in [0.1, 0.15) is 5.82 Å². The van der Waals surface area contributed by atoms with Crippen molar-refractivity contribution >= 4 is 34.7 Å². The monoisotopic (exact) mass is 283 g/mol. The van der Waals surface area contributed by atoms with Crippen LogP contribution >= 0.6 is 23.2 Å². The number of halogens is 3. The number of benzene rings is 2. The first kappa shape index (κ1) is 12.9. The fourth-order valence-corrected chi connectivity index (χ4v) is 1.94. The van der Waals surface area contributed by atoms with Crippen molar-refractivity contribution < 1.29 is 9.18 Å². The fraction of sp³-hybridized carbons (Fsp3) is 0. The second kappa shape index (κ2) is 4.96. The summed E-state index contributed by atoms with van der Waals surface area (Å²) in [5, 5.41) is 0.394. The minimum absolute atomic E-state index is 0.0687. The quantitative estimate of drug-likeness (QED) is 0.670. The Morgan fingerprint density at radius 2 is 1.83 bits per heavy atom. The van der Waals surface area contributed by atoms with Crippen molar-refractivity contribution in [1.82, 2.24) is 0 Å². The molecular weight excluding hydrogens is 276 g/mol. The van der Waals surface area contributed by atoms with Crippen molar-refractivity contribution in [3.8, 4) is 0 Å². The Labute approximate surface area is 113 Å². The molecule has 0 unspecified atom stereocenters. The molecule has 0 aliphatic rings. The topological polar surface area (TPSA) is 43.1 Å². The van der Waals surface area contributed by atoms with E-state index in [1.54, 1.807) is 12.1 Å². The van der Waals surface area contributed by atoms with Gasteiger partial charge in [0.15, 0.2) is 5.78 Å². The molecule has 2 nitrogen and oxygen atoms in total. The second-order valence-corrected chi connectivity index (χ2v) is 4.45. The molecule has 0 atom stereocenters. The van der Waals surface area contributed by atoms with Gasteiger partial charge >= 0.3 is 0 Å². The number of carbonyl (C=O) groups is 1. The van der Waals surface area contributed by atoms with Gasteiger partial charge in [0.05, 0.1) is 10.0 Å². The number of hydrogen-bond donors (Lipinski definition) is 1. The summed E-state index contributed by atoms with van der Waals surface area (Å²) >= 11 is 11.8. The van der Waals surface area contributed by atoms with E-state index in [1.165, 1.54) is 18.2 Å². The van der Waals surface area contributed by atoms with Crippen LogP contribution in [-0.2, 0) is 0 Å².